The van der Waals surface area contributed by atoms with E-state index in [2.05, 4.69) is 39.4 Å². The lowest BCUT2D eigenvalue weighted by Crippen LogP contribution is -2.27. The van der Waals surface area contributed by atoms with Crippen LogP contribution in [0.15, 0.2) is 53.1 Å². The van der Waals surface area contributed by atoms with E-state index in [0.29, 0.717) is 17.2 Å². The summed E-state index contributed by atoms with van der Waals surface area (Å²) in [4.78, 5) is 6.64. The number of benzene rings is 1. The zero-order valence-corrected chi connectivity index (χ0v) is 16.1. The fraction of sp³-hybridized carbons (Fsp3) is 0.167. The molecule has 1 aliphatic heterocycles. The second-order valence-electron chi connectivity index (χ2n) is 5.65. The maximum Gasteiger partial charge on any atom is 0.193 e. The molecule has 136 valence electrons. The number of hydrogen-bond acceptors (Lipinski definition) is 8. The van der Waals surface area contributed by atoms with Crippen LogP contribution in [0.3, 0.4) is 0 Å². The normalized spacial score (nSPS) is 13.3. The molecule has 0 fully saturated rings. The smallest absolute Gasteiger partial charge is 0.193 e. The van der Waals surface area contributed by atoms with Gasteiger partial charge in [0.25, 0.3) is 0 Å². The zero-order valence-electron chi connectivity index (χ0n) is 14.5. The average molecular weight is 397 g/mol. The Hall–Kier alpha value is -2.80. The van der Waals surface area contributed by atoms with Crippen LogP contribution in [0.25, 0.3) is 16.5 Å². The first kappa shape index (κ1) is 17.6. The van der Waals surface area contributed by atoms with Crippen LogP contribution < -0.4 is 5.59 Å². The molecule has 0 unspecified atom stereocenters. The van der Waals surface area contributed by atoms with E-state index in [-0.39, 0.29) is 0 Å². The molecule has 0 saturated heterocycles. The van der Waals surface area contributed by atoms with E-state index >= 15 is 0 Å². The monoisotopic (exact) mass is 396 g/mol. The van der Waals surface area contributed by atoms with Crippen molar-refractivity contribution in [2.75, 3.05) is 5.88 Å². The maximum atomic E-state index is 9.03. The van der Waals surface area contributed by atoms with Gasteiger partial charge in [0, 0.05) is 12.1 Å². The summed E-state index contributed by atoms with van der Waals surface area (Å²) in [7, 11) is 0. The average Bonchev–Trinajstić information content (AvgIpc) is 3.46. The number of rotatable bonds is 6. The van der Waals surface area contributed by atoms with Crippen molar-refractivity contribution in [3.05, 3.63) is 59.1 Å². The summed E-state index contributed by atoms with van der Waals surface area (Å²) in [5, 5.41) is 22.4. The third kappa shape index (κ3) is 3.68. The lowest BCUT2D eigenvalue weighted by atomic mass is 10.1. The first-order valence-corrected chi connectivity index (χ1v) is 10.2. The largest absolute Gasteiger partial charge is 0.387 e. The molecule has 2 aromatic heterocycles. The minimum atomic E-state index is 0.599. The molecule has 0 radical (unpaired) electrons. The summed E-state index contributed by atoms with van der Waals surface area (Å²) >= 11 is 3.23. The van der Waals surface area contributed by atoms with Gasteiger partial charge in [-0.25, -0.2) is 0 Å². The number of hydrogen-bond donors (Lipinski definition) is 1. The van der Waals surface area contributed by atoms with Gasteiger partial charge in [-0.3, -0.25) is 5.01 Å². The fourth-order valence-corrected chi connectivity index (χ4v) is 4.21. The predicted molar refractivity (Wildman–Crippen MR) is 105 cm³/mol. The van der Waals surface area contributed by atoms with Crippen molar-refractivity contribution in [1.82, 2.24) is 25.4 Å². The van der Waals surface area contributed by atoms with E-state index in [1.54, 1.807) is 35.2 Å². The number of thiophene rings is 1. The Morgan fingerprint density at radius 1 is 1.30 bits per heavy atom. The number of nitriles is 1. The van der Waals surface area contributed by atoms with Crippen molar-refractivity contribution in [2.24, 2.45) is 0 Å². The van der Waals surface area contributed by atoms with Gasteiger partial charge < -0.3 is 9.40 Å². The quantitative estimate of drug-likeness (QED) is 0.637. The summed E-state index contributed by atoms with van der Waals surface area (Å²) in [5.74, 6) is 2.17. The lowest BCUT2D eigenvalue weighted by molar-refractivity contribution is 0.0607. The zero-order chi connectivity index (χ0) is 18.6. The number of nitrogens with one attached hydrogen (secondary N) is 1. The SMILES string of the molecule is CCn1c(SCN2C=C(c3cccc(C#N)c3)ON2)nnc1-c1cccs1. The van der Waals surface area contributed by atoms with Crippen molar-refractivity contribution >= 4 is 28.9 Å². The highest BCUT2D eigenvalue weighted by Crippen LogP contribution is 2.28. The van der Waals surface area contributed by atoms with Crippen LogP contribution in [-0.2, 0) is 11.4 Å². The molecule has 9 heteroatoms. The summed E-state index contributed by atoms with van der Waals surface area (Å²) in [6.07, 6.45) is 1.87. The number of nitrogens with zero attached hydrogens (tertiary/aromatic N) is 5. The first-order valence-electron chi connectivity index (χ1n) is 8.30. The fourth-order valence-electron chi connectivity index (χ4n) is 2.64. The van der Waals surface area contributed by atoms with Gasteiger partial charge in [0.15, 0.2) is 16.7 Å². The first-order chi connectivity index (χ1) is 13.3. The topological polar surface area (TPSA) is 79.0 Å². The summed E-state index contributed by atoms with van der Waals surface area (Å²) in [6, 6.07) is 13.5. The van der Waals surface area contributed by atoms with E-state index in [0.717, 1.165) is 28.0 Å². The molecule has 0 bridgehead atoms. The Morgan fingerprint density at radius 3 is 3.00 bits per heavy atom. The Balaban J connectivity index is 1.45. The van der Waals surface area contributed by atoms with Gasteiger partial charge in [-0.1, -0.05) is 35.6 Å². The Kier molecular flexibility index (Phi) is 5.11. The highest BCUT2D eigenvalue weighted by Gasteiger charge is 2.18. The van der Waals surface area contributed by atoms with E-state index in [1.807, 2.05) is 34.8 Å². The molecular weight excluding hydrogens is 380 g/mol. The standard InChI is InChI=1S/C18H16N6OS2/c1-2-24-17(16-7-4-8-26-16)20-21-18(24)27-12-23-11-15(25-22-23)14-6-3-5-13(9-14)10-19/h3-9,11,22H,2,12H2,1H3. The molecule has 27 heavy (non-hydrogen) atoms. The number of aromatic nitrogens is 3. The van der Waals surface area contributed by atoms with Gasteiger partial charge in [-0.05, 0) is 30.5 Å². The van der Waals surface area contributed by atoms with Gasteiger partial charge in [-0.15, -0.1) is 21.5 Å². The molecule has 3 heterocycles. The van der Waals surface area contributed by atoms with Gasteiger partial charge in [0.05, 0.1) is 28.6 Å². The van der Waals surface area contributed by atoms with Crippen molar-refractivity contribution in [2.45, 2.75) is 18.6 Å². The summed E-state index contributed by atoms with van der Waals surface area (Å²) in [5.41, 5.74) is 4.32. The van der Waals surface area contributed by atoms with Gasteiger partial charge in [-0.2, -0.15) is 5.26 Å². The van der Waals surface area contributed by atoms with E-state index in [4.69, 9.17) is 10.1 Å². The molecule has 0 saturated carbocycles. The van der Waals surface area contributed by atoms with Crippen molar-refractivity contribution < 1.29 is 4.84 Å². The van der Waals surface area contributed by atoms with Crippen LogP contribution in [0.5, 0.6) is 0 Å². The molecule has 7 nitrogen and oxygen atoms in total. The minimum Gasteiger partial charge on any atom is -0.387 e. The minimum absolute atomic E-state index is 0.599. The second-order valence-corrected chi connectivity index (χ2v) is 7.51. The lowest BCUT2D eigenvalue weighted by Gasteiger charge is -2.13. The Bertz CT molecular complexity index is 1010. The molecular formula is C18H16N6OS2. The van der Waals surface area contributed by atoms with E-state index in [9.17, 15) is 0 Å². The highest BCUT2D eigenvalue weighted by molar-refractivity contribution is 7.99. The third-order valence-electron chi connectivity index (χ3n) is 3.93. The van der Waals surface area contributed by atoms with Crippen molar-refractivity contribution in [3.8, 4) is 16.8 Å². The number of hydrazine groups is 1. The van der Waals surface area contributed by atoms with Crippen molar-refractivity contribution in [3.63, 3.8) is 0 Å². The van der Waals surface area contributed by atoms with Crippen molar-refractivity contribution in [1.29, 1.82) is 5.26 Å². The number of thioether (sulfide) groups is 1. The Morgan fingerprint density at radius 2 is 2.22 bits per heavy atom. The van der Waals surface area contributed by atoms with Crippen LogP contribution in [-0.4, -0.2) is 25.7 Å². The molecule has 0 atom stereocenters. The maximum absolute atomic E-state index is 9.03. The van der Waals surface area contributed by atoms with Gasteiger partial charge in [0.1, 0.15) is 0 Å². The molecule has 0 amide bonds. The van der Waals surface area contributed by atoms with Crippen LogP contribution in [0.4, 0.5) is 0 Å². The van der Waals surface area contributed by atoms with Gasteiger partial charge in [0.2, 0.25) is 0 Å². The molecule has 1 aromatic carbocycles. The molecule has 4 rings (SSSR count). The summed E-state index contributed by atoms with van der Waals surface area (Å²) < 4.78 is 2.11. The molecule has 1 N–H and O–H groups in total. The Labute approximate surface area is 164 Å². The predicted octanol–water partition coefficient (Wildman–Crippen LogP) is 3.70. The van der Waals surface area contributed by atoms with Gasteiger partial charge >= 0.3 is 0 Å². The van der Waals surface area contributed by atoms with Crippen LogP contribution >= 0.6 is 23.1 Å². The molecule has 3 aromatic rings. The highest BCUT2D eigenvalue weighted by atomic mass is 32.2. The van der Waals surface area contributed by atoms with E-state index in [1.165, 1.54) is 0 Å². The molecule has 0 aliphatic carbocycles. The van der Waals surface area contributed by atoms with Crippen LogP contribution in [0, 0.1) is 11.3 Å². The summed E-state index contributed by atoms with van der Waals surface area (Å²) in [6.45, 7) is 2.89. The van der Waals surface area contributed by atoms with Crippen LogP contribution in [0.1, 0.15) is 18.1 Å². The molecule has 1 aliphatic rings. The third-order valence-corrected chi connectivity index (χ3v) is 5.76. The second kappa shape index (κ2) is 7.84. The van der Waals surface area contributed by atoms with Crippen LogP contribution in [0.2, 0.25) is 0 Å². The van der Waals surface area contributed by atoms with E-state index < -0.39 is 0 Å². The molecule has 0 spiro atoms.